The molecule has 0 saturated heterocycles. The lowest BCUT2D eigenvalue weighted by Crippen LogP contribution is -2.47. The van der Waals surface area contributed by atoms with E-state index in [2.05, 4.69) is 4.90 Å². The smallest absolute Gasteiger partial charge is 0.307 e. The molecule has 2 unspecified atom stereocenters. The van der Waals surface area contributed by atoms with Crippen molar-refractivity contribution in [3.63, 3.8) is 0 Å². The zero-order valence-corrected chi connectivity index (χ0v) is 10.2. The summed E-state index contributed by atoms with van der Waals surface area (Å²) >= 11 is 0. The van der Waals surface area contributed by atoms with Crippen molar-refractivity contribution in [2.24, 2.45) is 5.92 Å². The van der Waals surface area contributed by atoms with Gasteiger partial charge in [0.25, 0.3) is 0 Å². The van der Waals surface area contributed by atoms with Crippen LogP contribution < -0.4 is 0 Å². The minimum absolute atomic E-state index is 0.00671. The number of carboxylic acid groups (broad SMARTS) is 1. The summed E-state index contributed by atoms with van der Waals surface area (Å²) in [5.74, 6) is -1.14. The fourth-order valence-electron chi connectivity index (χ4n) is 2.56. The number of nitrogens with zero attached hydrogens (tertiary/aromatic N) is 1. The van der Waals surface area contributed by atoms with Crippen LogP contribution in [0.3, 0.4) is 0 Å². The Bertz CT molecular complexity index is 226. The molecule has 94 valence electrons. The van der Waals surface area contributed by atoms with Crippen LogP contribution in [0.25, 0.3) is 0 Å². The van der Waals surface area contributed by atoms with Gasteiger partial charge in [-0.25, -0.2) is 0 Å². The molecule has 0 aliphatic heterocycles. The molecular formula is C12H23NO3. The molecule has 0 heterocycles. The van der Waals surface area contributed by atoms with E-state index in [1.165, 1.54) is 12.8 Å². The van der Waals surface area contributed by atoms with Crippen LogP contribution in [-0.4, -0.2) is 46.3 Å². The van der Waals surface area contributed by atoms with Crippen LogP contribution in [-0.2, 0) is 4.79 Å². The number of aliphatic carboxylic acids is 1. The van der Waals surface area contributed by atoms with Gasteiger partial charge in [0.05, 0.1) is 12.5 Å². The van der Waals surface area contributed by atoms with Crippen LogP contribution in [0.15, 0.2) is 0 Å². The van der Waals surface area contributed by atoms with Crippen LogP contribution in [0, 0.1) is 5.92 Å². The molecule has 0 bridgehead atoms. The molecule has 2 N–H and O–H groups in total. The maximum atomic E-state index is 11.0. The van der Waals surface area contributed by atoms with E-state index in [4.69, 9.17) is 10.2 Å². The standard InChI is InChI=1S/C12H23NO3/c1-9(12(15)16)10(2)13(7-8-14)11-5-3-4-6-11/h9-11,14H,3-8H2,1-2H3,(H,15,16). The molecule has 0 aromatic rings. The molecule has 0 aromatic heterocycles. The predicted octanol–water partition coefficient (Wildman–Crippen LogP) is 1.33. The highest BCUT2D eigenvalue weighted by atomic mass is 16.4. The predicted molar refractivity (Wildman–Crippen MR) is 62.3 cm³/mol. The van der Waals surface area contributed by atoms with Crippen LogP contribution in [0.5, 0.6) is 0 Å². The Morgan fingerprint density at radius 3 is 2.38 bits per heavy atom. The van der Waals surface area contributed by atoms with Crippen molar-refractivity contribution in [1.82, 2.24) is 4.90 Å². The van der Waals surface area contributed by atoms with E-state index in [0.29, 0.717) is 12.6 Å². The minimum atomic E-state index is -0.756. The highest BCUT2D eigenvalue weighted by Gasteiger charge is 2.31. The lowest BCUT2D eigenvalue weighted by Gasteiger charge is -2.35. The number of hydrogen-bond donors (Lipinski definition) is 2. The summed E-state index contributed by atoms with van der Waals surface area (Å²) in [6.45, 7) is 4.38. The van der Waals surface area contributed by atoms with Crippen molar-refractivity contribution in [3.8, 4) is 0 Å². The summed E-state index contributed by atoms with van der Waals surface area (Å²) in [7, 11) is 0. The highest BCUT2D eigenvalue weighted by molar-refractivity contribution is 5.70. The molecule has 2 atom stereocenters. The molecule has 1 fully saturated rings. The monoisotopic (exact) mass is 229 g/mol. The molecule has 0 radical (unpaired) electrons. The molecule has 1 saturated carbocycles. The van der Waals surface area contributed by atoms with E-state index in [-0.39, 0.29) is 18.6 Å². The third-order valence-corrected chi connectivity index (χ3v) is 3.79. The van der Waals surface area contributed by atoms with Gasteiger partial charge in [0.2, 0.25) is 0 Å². The van der Waals surface area contributed by atoms with Crippen molar-refractivity contribution >= 4 is 5.97 Å². The maximum absolute atomic E-state index is 11.0. The van der Waals surface area contributed by atoms with Gasteiger partial charge < -0.3 is 10.2 Å². The topological polar surface area (TPSA) is 60.8 Å². The lowest BCUT2D eigenvalue weighted by molar-refractivity contribution is -0.143. The molecule has 0 spiro atoms. The summed E-state index contributed by atoms with van der Waals surface area (Å²) in [4.78, 5) is 13.1. The van der Waals surface area contributed by atoms with E-state index in [1.807, 2.05) is 6.92 Å². The van der Waals surface area contributed by atoms with E-state index in [9.17, 15) is 4.79 Å². The van der Waals surface area contributed by atoms with Crippen LogP contribution in [0.4, 0.5) is 0 Å². The molecule has 1 aliphatic rings. The zero-order valence-electron chi connectivity index (χ0n) is 10.2. The normalized spacial score (nSPS) is 21.2. The number of carboxylic acids is 1. The first-order valence-corrected chi connectivity index (χ1v) is 6.17. The van der Waals surface area contributed by atoms with E-state index < -0.39 is 5.97 Å². The molecule has 4 nitrogen and oxygen atoms in total. The van der Waals surface area contributed by atoms with Gasteiger partial charge in [0.1, 0.15) is 0 Å². The van der Waals surface area contributed by atoms with Gasteiger partial charge in [-0.1, -0.05) is 19.8 Å². The molecule has 0 amide bonds. The minimum Gasteiger partial charge on any atom is -0.481 e. The third kappa shape index (κ3) is 3.19. The quantitative estimate of drug-likeness (QED) is 0.721. The maximum Gasteiger partial charge on any atom is 0.307 e. The fraction of sp³-hybridized carbons (Fsp3) is 0.917. The number of carbonyl (C=O) groups is 1. The molecule has 1 rings (SSSR count). The van der Waals surface area contributed by atoms with Crippen LogP contribution in [0.2, 0.25) is 0 Å². The largest absolute Gasteiger partial charge is 0.481 e. The number of hydrogen-bond acceptors (Lipinski definition) is 3. The van der Waals surface area contributed by atoms with E-state index >= 15 is 0 Å². The van der Waals surface area contributed by atoms with Gasteiger partial charge in [-0.3, -0.25) is 9.69 Å². The van der Waals surface area contributed by atoms with Crippen molar-refractivity contribution in [3.05, 3.63) is 0 Å². The van der Waals surface area contributed by atoms with Crippen molar-refractivity contribution in [2.75, 3.05) is 13.2 Å². The first-order valence-electron chi connectivity index (χ1n) is 6.17. The SMILES string of the molecule is CC(C(=O)O)C(C)N(CCO)C1CCCC1. The molecule has 0 aromatic carbocycles. The van der Waals surface area contributed by atoms with Gasteiger partial charge in [0.15, 0.2) is 0 Å². The first kappa shape index (κ1) is 13.5. The Kier molecular flexibility index (Phi) is 5.22. The first-order chi connectivity index (χ1) is 7.57. The van der Waals surface area contributed by atoms with Crippen LogP contribution >= 0.6 is 0 Å². The zero-order chi connectivity index (χ0) is 12.1. The molecule has 4 heteroatoms. The second kappa shape index (κ2) is 6.21. The fourth-order valence-corrected chi connectivity index (χ4v) is 2.56. The number of aliphatic hydroxyl groups is 1. The van der Waals surface area contributed by atoms with Gasteiger partial charge in [-0.05, 0) is 19.8 Å². The second-order valence-electron chi connectivity index (χ2n) is 4.77. The average Bonchev–Trinajstić information content (AvgIpc) is 2.76. The second-order valence-corrected chi connectivity index (χ2v) is 4.77. The van der Waals surface area contributed by atoms with Crippen molar-refractivity contribution < 1.29 is 15.0 Å². The van der Waals surface area contributed by atoms with Gasteiger partial charge in [0, 0.05) is 18.6 Å². The Morgan fingerprint density at radius 1 is 1.38 bits per heavy atom. The third-order valence-electron chi connectivity index (χ3n) is 3.79. The van der Waals surface area contributed by atoms with Gasteiger partial charge in [-0.2, -0.15) is 0 Å². The number of rotatable bonds is 6. The Balaban J connectivity index is 2.63. The summed E-state index contributed by atoms with van der Waals surface area (Å²) < 4.78 is 0. The average molecular weight is 229 g/mol. The lowest BCUT2D eigenvalue weighted by atomic mass is 10.00. The van der Waals surface area contributed by atoms with E-state index in [1.54, 1.807) is 6.92 Å². The summed E-state index contributed by atoms with van der Waals surface area (Å²) in [6, 6.07) is 0.455. The molecule has 1 aliphatic carbocycles. The molecular weight excluding hydrogens is 206 g/mol. The van der Waals surface area contributed by atoms with Gasteiger partial charge in [-0.15, -0.1) is 0 Å². The summed E-state index contributed by atoms with van der Waals surface area (Å²) in [5.41, 5.74) is 0. The highest BCUT2D eigenvalue weighted by Crippen LogP contribution is 2.26. The Labute approximate surface area is 97.3 Å². The number of aliphatic hydroxyl groups excluding tert-OH is 1. The van der Waals surface area contributed by atoms with Crippen molar-refractivity contribution in [1.29, 1.82) is 0 Å². The Hall–Kier alpha value is -0.610. The van der Waals surface area contributed by atoms with Crippen molar-refractivity contribution in [2.45, 2.75) is 51.6 Å². The Morgan fingerprint density at radius 2 is 1.94 bits per heavy atom. The van der Waals surface area contributed by atoms with E-state index in [0.717, 1.165) is 12.8 Å². The van der Waals surface area contributed by atoms with Crippen LogP contribution in [0.1, 0.15) is 39.5 Å². The molecule has 16 heavy (non-hydrogen) atoms. The summed E-state index contributed by atoms with van der Waals surface area (Å²) in [6.07, 6.45) is 4.72. The van der Waals surface area contributed by atoms with Gasteiger partial charge >= 0.3 is 5.97 Å². The summed E-state index contributed by atoms with van der Waals surface area (Å²) in [5, 5.41) is 18.1.